The number of ether oxygens (including phenoxy) is 1. The first kappa shape index (κ1) is 16.1. The molecule has 0 fully saturated rings. The largest absolute Gasteiger partial charge is 0.461 e. The Morgan fingerprint density at radius 3 is 2.60 bits per heavy atom. The highest BCUT2D eigenvalue weighted by molar-refractivity contribution is 5.90. The first-order valence-corrected chi connectivity index (χ1v) is 5.91. The summed E-state index contributed by atoms with van der Waals surface area (Å²) in [5, 5.41) is 1.74. The van der Waals surface area contributed by atoms with Crippen molar-refractivity contribution in [1.29, 1.82) is 0 Å². The third-order valence-electron chi connectivity index (χ3n) is 2.43. The third-order valence-corrected chi connectivity index (χ3v) is 2.43. The Bertz CT molecular complexity index is 495. The minimum Gasteiger partial charge on any atom is -0.461 e. The predicted molar refractivity (Wildman–Crippen MR) is 64.2 cm³/mol. The molecule has 0 aliphatic carbocycles. The van der Waals surface area contributed by atoms with E-state index in [-0.39, 0.29) is 18.8 Å². The Morgan fingerprint density at radius 1 is 1.40 bits per heavy atom. The van der Waals surface area contributed by atoms with Crippen molar-refractivity contribution in [1.82, 2.24) is 9.88 Å². The highest BCUT2D eigenvalue weighted by atomic mass is 19.4. The number of hydrogen-bond donors (Lipinski definition) is 1. The minimum atomic E-state index is -4.47. The molecule has 0 aromatic carbocycles. The maximum absolute atomic E-state index is 12.0. The van der Waals surface area contributed by atoms with Crippen LogP contribution >= 0.6 is 0 Å². The number of nitrogens with zero attached hydrogens (tertiary/aromatic N) is 1. The lowest BCUT2D eigenvalue weighted by Crippen LogP contribution is -2.36. The van der Waals surface area contributed by atoms with Crippen molar-refractivity contribution in [2.75, 3.05) is 13.2 Å². The van der Waals surface area contributed by atoms with Crippen LogP contribution in [-0.2, 0) is 16.1 Å². The smallest absolute Gasteiger partial charge is 0.405 e. The average molecular weight is 292 g/mol. The van der Waals surface area contributed by atoms with Gasteiger partial charge in [0.15, 0.2) is 0 Å². The summed E-state index contributed by atoms with van der Waals surface area (Å²) in [5.41, 5.74) is 0.751. The number of amides is 1. The Labute approximate surface area is 113 Å². The fourth-order valence-corrected chi connectivity index (χ4v) is 1.60. The van der Waals surface area contributed by atoms with Crippen LogP contribution in [0.3, 0.4) is 0 Å². The molecule has 8 heteroatoms. The highest BCUT2D eigenvalue weighted by Crippen LogP contribution is 2.13. The van der Waals surface area contributed by atoms with Gasteiger partial charge in [-0.25, -0.2) is 4.79 Å². The second kappa shape index (κ2) is 6.44. The highest BCUT2D eigenvalue weighted by Gasteiger charge is 2.28. The summed E-state index contributed by atoms with van der Waals surface area (Å²) < 4.78 is 42.0. The molecule has 0 bridgehead atoms. The van der Waals surface area contributed by atoms with E-state index in [0.717, 1.165) is 0 Å². The maximum Gasteiger partial charge on any atom is 0.405 e. The maximum atomic E-state index is 12.0. The van der Waals surface area contributed by atoms with E-state index in [9.17, 15) is 22.8 Å². The topological polar surface area (TPSA) is 60.3 Å². The number of esters is 1. The zero-order chi connectivity index (χ0) is 15.3. The van der Waals surface area contributed by atoms with Crippen LogP contribution in [0.5, 0.6) is 0 Å². The van der Waals surface area contributed by atoms with E-state index in [1.54, 1.807) is 25.2 Å². The lowest BCUT2D eigenvalue weighted by molar-refractivity contribution is -0.138. The number of alkyl halides is 3. The van der Waals surface area contributed by atoms with Gasteiger partial charge in [-0.2, -0.15) is 13.2 Å². The first-order valence-electron chi connectivity index (χ1n) is 5.91. The molecule has 1 heterocycles. The van der Waals surface area contributed by atoms with E-state index in [1.807, 2.05) is 0 Å². The minimum absolute atomic E-state index is 0.161. The van der Waals surface area contributed by atoms with Crippen molar-refractivity contribution in [3.05, 3.63) is 23.5 Å². The number of nitrogens with one attached hydrogen (secondary N) is 1. The van der Waals surface area contributed by atoms with Crippen LogP contribution in [0.4, 0.5) is 13.2 Å². The molecule has 0 unspecified atom stereocenters. The Balaban J connectivity index is 2.73. The van der Waals surface area contributed by atoms with Gasteiger partial charge in [0.25, 0.3) is 0 Å². The van der Waals surface area contributed by atoms with Crippen LogP contribution in [-0.4, -0.2) is 35.8 Å². The van der Waals surface area contributed by atoms with E-state index in [4.69, 9.17) is 4.74 Å². The van der Waals surface area contributed by atoms with Gasteiger partial charge in [-0.3, -0.25) is 4.79 Å². The number of rotatable bonds is 5. The van der Waals surface area contributed by atoms with Crippen molar-refractivity contribution in [2.45, 2.75) is 26.6 Å². The molecule has 1 rings (SSSR count). The molecule has 0 spiro atoms. The second-order valence-corrected chi connectivity index (χ2v) is 4.09. The number of hydrogen-bond acceptors (Lipinski definition) is 3. The summed E-state index contributed by atoms with van der Waals surface area (Å²) in [6, 6.07) is 1.59. The Morgan fingerprint density at radius 2 is 2.05 bits per heavy atom. The van der Waals surface area contributed by atoms with Crippen LogP contribution in [0.1, 0.15) is 23.0 Å². The lowest BCUT2D eigenvalue weighted by Gasteiger charge is -2.11. The van der Waals surface area contributed by atoms with Gasteiger partial charge in [0.2, 0.25) is 5.91 Å². The Kier molecular flexibility index (Phi) is 5.18. The number of aryl methyl sites for hydroxylation is 1. The van der Waals surface area contributed by atoms with Crippen molar-refractivity contribution in [3.63, 3.8) is 0 Å². The van der Waals surface area contributed by atoms with Gasteiger partial charge < -0.3 is 14.6 Å². The van der Waals surface area contributed by atoms with Gasteiger partial charge in [-0.1, -0.05) is 0 Å². The molecule has 20 heavy (non-hydrogen) atoms. The SMILES string of the molecule is CCOC(=O)c1c(C)ccn1CC(=O)NCC(F)(F)F. The third kappa shape index (κ3) is 4.60. The van der Waals surface area contributed by atoms with Crippen molar-refractivity contribution >= 4 is 11.9 Å². The molecule has 0 saturated heterocycles. The van der Waals surface area contributed by atoms with E-state index < -0.39 is 24.6 Å². The molecular weight excluding hydrogens is 277 g/mol. The molecule has 0 atom stereocenters. The van der Waals surface area contributed by atoms with Gasteiger partial charge in [-0.05, 0) is 25.5 Å². The number of carbonyl (C=O) groups excluding carboxylic acids is 2. The van der Waals surface area contributed by atoms with Gasteiger partial charge in [0, 0.05) is 6.20 Å². The average Bonchev–Trinajstić information content (AvgIpc) is 2.67. The molecule has 0 radical (unpaired) electrons. The number of halogens is 3. The van der Waals surface area contributed by atoms with Crippen molar-refractivity contribution in [2.24, 2.45) is 0 Å². The normalized spacial score (nSPS) is 11.2. The fourth-order valence-electron chi connectivity index (χ4n) is 1.60. The monoisotopic (exact) mass is 292 g/mol. The van der Waals surface area contributed by atoms with Crippen LogP contribution in [0.25, 0.3) is 0 Å². The zero-order valence-electron chi connectivity index (χ0n) is 11.1. The van der Waals surface area contributed by atoms with E-state index in [2.05, 4.69) is 0 Å². The van der Waals surface area contributed by atoms with E-state index in [1.165, 1.54) is 10.8 Å². The fraction of sp³-hybridized carbons (Fsp3) is 0.500. The van der Waals surface area contributed by atoms with Crippen LogP contribution < -0.4 is 5.32 Å². The summed E-state index contributed by atoms with van der Waals surface area (Å²) in [5.74, 6) is -1.44. The summed E-state index contributed by atoms with van der Waals surface area (Å²) in [7, 11) is 0. The molecule has 112 valence electrons. The van der Waals surface area contributed by atoms with Crippen LogP contribution in [0.2, 0.25) is 0 Å². The van der Waals surface area contributed by atoms with Crippen molar-refractivity contribution < 1.29 is 27.5 Å². The second-order valence-electron chi connectivity index (χ2n) is 4.09. The van der Waals surface area contributed by atoms with Crippen LogP contribution in [0.15, 0.2) is 12.3 Å². The van der Waals surface area contributed by atoms with Gasteiger partial charge in [-0.15, -0.1) is 0 Å². The molecule has 5 nitrogen and oxygen atoms in total. The van der Waals surface area contributed by atoms with Gasteiger partial charge >= 0.3 is 12.1 Å². The quantitative estimate of drug-likeness (QED) is 0.839. The molecule has 1 amide bonds. The molecule has 1 N–H and O–H groups in total. The lowest BCUT2D eigenvalue weighted by atomic mass is 10.3. The standard InChI is InChI=1S/C12H15F3N2O3/c1-3-20-11(19)10-8(2)4-5-17(10)6-9(18)16-7-12(13,14)15/h4-5H,3,6-7H2,1-2H3,(H,16,18). The number of aromatic nitrogens is 1. The van der Waals surface area contributed by atoms with Crippen molar-refractivity contribution in [3.8, 4) is 0 Å². The summed E-state index contributed by atoms with van der Waals surface area (Å²) in [4.78, 5) is 23.1. The molecule has 0 aliphatic rings. The summed E-state index contributed by atoms with van der Waals surface area (Å²) in [6.45, 7) is 1.68. The molecular formula is C12H15F3N2O3. The molecule has 1 aromatic rings. The summed E-state index contributed by atoms with van der Waals surface area (Å²) in [6.07, 6.45) is -3.01. The zero-order valence-corrected chi connectivity index (χ0v) is 11.1. The first-order chi connectivity index (χ1) is 9.24. The summed E-state index contributed by atoms with van der Waals surface area (Å²) >= 11 is 0. The number of carbonyl (C=O) groups is 2. The predicted octanol–water partition coefficient (Wildman–Crippen LogP) is 1.65. The van der Waals surface area contributed by atoms with Gasteiger partial charge in [0.05, 0.1) is 6.61 Å². The molecule has 0 saturated carbocycles. The van der Waals surface area contributed by atoms with Gasteiger partial charge in [0.1, 0.15) is 18.8 Å². The molecule has 0 aliphatic heterocycles. The Hall–Kier alpha value is -1.99. The van der Waals surface area contributed by atoms with E-state index >= 15 is 0 Å². The van der Waals surface area contributed by atoms with Crippen LogP contribution in [0, 0.1) is 6.92 Å². The molecule has 1 aromatic heterocycles. The van der Waals surface area contributed by atoms with E-state index in [0.29, 0.717) is 5.56 Å².